The molecule has 1 fully saturated rings. The van der Waals surface area contributed by atoms with Gasteiger partial charge < -0.3 is 19.6 Å². The maximum atomic E-state index is 11.8. The van der Waals surface area contributed by atoms with Gasteiger partial charge in [-0.2, -0.15) is 0 Å². The Morgan fingerprint density at radius 1 is 1.60 bits per heavy atom. The molecule has 1 aliphatic heterocycles. The van der Waals surface area contributed by atoms with Gasteiger partial charge in [-0.25, -0.2) is 4.79 Å². The summed E-state index contributed by atoms with van der Waals surface area (Å²) in [6, 6.07) is -0.254. The normalized spacial score (nSPS) is 21.2. The molecule has 1 saturated heterocycles. The number of hydrogen-bond donors (Lipinski definition) is 1. The van der Waals surface area contributed by atoms with Crippen molar-refractivity contribution in [3.63, 3.8) is 0 Å². The molecule has 6 nitrogen and oxygen atoms in total. The minimum absolute atomic E-state index is 0.00231. The molecular weight excluding hydrogens is 200 g/mol. The number of likely N-dealkylation sites (N-methyl/N-ethyl adjacent to an activating group) is 1. The lowest BCUT2D eigenvalue weighted by Gasteiger charge is -2.35. The molecule has 0 bridgehead atoms. The van der Waals surface area contributed by atoms with Gasteiger partial charge in [0.15, 0.2) is 0 Å². The second-order valence-electron chi connectivity index (χ2n) is 3.65. The van der Waals surface area contributed by atoms with Crippen molar-refractivity contribution in [2.24, 2.45) is 0 Å². The summed E-state index contributed by atoms with van der Waals surface area (Å²) >= 11 is 0. The van der Waals surface area contributed by atoms with Crippen LogP contribution in [0.15, 0.2) is 0 Å². The van der Waals surface area contributed by atoms with Crippen molar-refractivity contribution in [3.8, 4) is 0 Å². The minimum atomic E-state index is -1.01. The van der Waals surface area contributed by atoms with E-state index in [1.807, 2.05) is 6.92 Å². The van der Waals surface area contributed by atoms with E-state index in [0.717, 1.165) is 0 Å². The number of nitrogens with zero attached hydrogens (tertiary/aromatic N) is 2. The highest BCUT2D eigenvalue weighted by Crippen LogP contribution is 2.08. The maximum absolute atomic E-state index is 11.8. The molecule has 1 N–H and O–H groups in total. The predicted molar refractivity (Wildman–Crippen MR) is 52.6 cm³/mol. The molecule has 2 amide bonds. The predicted octanol–water partition coefficient (Wildman–Crippen LogP) is -0.156. The Morgan fingerprint density at radius 2 is 2.27 bits per heavy atom. The Balaban J connectivity index is 2.54. The van der Waals surface area contributed by atoms with Crippen molar-refractivity contribution < 1.29 is 19.4 Å². The van der Waals surface area contributed by atoms with Gasteiger partial charge in [-0.3, -0.25) is 4.79 Å². The van der Waals surface area contributed by atoms with Crippen molar-refractivity contribution in [2.75, 3.05) is 33.4 Å². The summed E-state index contributed by atoms with van der Waals surface area (Å²) < 4.78 is 5.19. The van der Waals surface area contributed by atoms with Gasteiger partial charge in [0.2, 0.25) is 0 Å². The average molecular weight is 216 g/mol. The minimum Gasteiger partial charge on any atom is -0.480 e. The zero-order valence-corrected chi connectivity index (χ0v) is 8.97. The summed E-state index contributed by atoms with van der Waals surface area (Å²) in [5.74, 6) is -1.01. The lowest BCUT2D eigenvalue weighted by atomic mass is 10.3. The Hall–Kier alpha value is -1.30. The summed E-state index contributed by atoms with van der Waals surface area (Å²) in [5, 5.41) is 8.56. The van der Waals surface area contributed by atoms with Gasteiger partial charge in [-0.15, -0.1) is 0 Å². The van der Waals surface area contributed by atoms with E-state index >= 15 is 0 Å². The van der Waals surface area contributed by atoms with E-state index in [-0.39, 0.29) is 18.6 Å². The van der Waals surface area contributed by atoms with Crippen LogP contribution < -0.4 is 0 Å². The average Bonchev–Trinajstić information content (AvgIpc) is 2.16. The number of urea groups is 1. The lowest BCUT2D eigenvalue weighted by Crippen LogP contribution is -2.52. The highest BCUT2D eigenvalue weighted by Gasteiger charge is 2.26. The molecule has 1 atom stereocenters. The zero-order chi connectivity index (χ0) is 11.4. The van der Waals surface area contributed by atoms with Gasteiger partial charge in [0.05, 0.1) is 19.3 Å². The summed E-state index contributed by atoms with van der Waals surface area (Å²) in [6.45, 7) is 3.14. The third-order valence-corrected chi connectivity index (χ3v) is 2.31. The maximum Gasteiger partial charge on any atom is 0.323 e. The van der Waals surface area contributed by atoms with Crippen molar-refractivity contribution in [3.05, 3.63) is 0 Å². The van der Waals surface area contributed by atoms with Gasteiger partial charge in [-0.05, 0) is 6.92 Å². The second kappa shape index (κ2) is 4.97. The summed E-state index contributed by atoms with van der Waals surface area (Å²) in [6.07, 6.45) is 0. The number of amides is 2. The van der Waals surface area contributed by atoms with Crippen molar-refractivity contribution >= 4 is 12.0 Å². The molecule has 15 heavy (non-hydrogen) atoms. The van der Waals surface area contributed by atoms with E-state index in [4.69, 9.17) is 9.84 Å². The van der Waals surface area contributed by atoms with E-state index in [1.165, 1.54) is 11.9 Å². The van der Waals surface area contributed by atoms with Crippen LogP contribution in [0.3, 0.4) is 0 Å². The molecule has 0 aromatic rings. The van der Waals surface area contributed by atoms with Crippen LogP contribution in [0.25, 0.3) is 0 Å². The van der Waals surface area contributed by atoms with Crippen LogP contribution in [0.2, 0.25) is 0 Å². The molecule has 86 valence electrons. The number of carboxylic acids is 1. The number of carbonyl (C=O) groups is 2. The summed E-state index contributed by atoms with van der Waals surface area (Å²) in [4.78, 5) is 25.0. The highest BCUT2D eigenvalue weighted by atomic mass is 16.5. The first-order valence-corrected chi connectivity index (χ1v) is 4.83. The Labute approximate surface area is 88.4 Å². The van der Waals surface area contributed by atoms with Crippen LogP contribution in [0.4, 0.5) is 4.79 Å². The fraction of sp³-hybridized carbons (Fsp3) is 0.778. The van der Waals surface area contributed by atoms with E-state index in [9.17, 15) is 9.59 Å². The molecule has 0 spiro atoms. The van der Waals surface area contributed by atoms with Crippen LogP contribution in [-0.4, -0.2) is 66.3 Å². The standard InChI is InChI=1S/C9H16N2O4/c1-7-6-15-4-3-11(7)9(14)10(2)5-8(12)13/h7H,3-6H2,1-2H3,(H,12,13). The molecule has 0 aromatic heterocycles. The number of ether oxygens (including phenoxy) is 1. The smallest absolute Gasteiger partial charge is 0.323 e. The van der Waals surface area contributed by atoms with Gasteiger partial charge in [-0.1, -0.05) is 0 Å². The molecule has 1 heterocycles. The van der Waals surface area contributed by atoms with E-state index in [1.54, 1.807) is 4.90 Å². The quantitative estimate of drug-likeness (QED) is 0.696. The van der Waals surface area contributed by atoms with E-state index in [0.29, 0.717) is 19.8 Å². The highest BCUT2D eigenvalue weighted by molar-refractivity contribution is 5.80. The van der Waals surface area contributed by atoms with Gasteiger partial charge >= 0.3 is 12.0 Å². The third kappa shape index (κ3) is 3.09. The van der Waals surface area contributed by atoms with E-state index in [2.05, 4.69) is 0 Å². The fourth-order valence-corrected chi connectivity index (χ4v) is 1.50. The van der Waals surface area contributed by atoms with Gasteiger partial charge in [0.25, 0.3) is 0 Å². The van der Waals surface area contributed by atoms with Crippen LogP contribution in [0, 0.1) is 0 Å². The fourth-order valence-electron chi connectivity index (χ4n) is 1.50. The summed E-state index contributed by atoms with van der Waals surface area (Å²) in [5.41, 5.74) is 0. The molecule has 0 saturated carbocycles. The molecule has 1 unspecified atom stereocenters. The van der Waals surface area contributed by atoms with Crippen molar-refractivity contribution in [1.29, 1.82) is 0 Å². The number of aliphatic carboxylic acids is 1. The largest absolute Gasteiger partial charge is 0.480 e. The topological polar surface area (TPSA) is 70.1 Å². The number of carbonyl (C=O) groups excluding carboxylic acids is 1. The van der Waals surface area contributed by atoms with Crippen LogP contribution >= 0.6 is 0 Å². The molecule has 1 aliphatic rings. The number of hydrogen-bond acceptors (Lipinski definition) is 3. The van der Waals surface area contributed by atoms with Crippen molar-refractivity contribution in [1.82, 2.24) is 9.80 Å². The number of carboxylic acid groups (broad SMARTS) is 1. The van der Waals surface area contributed by atoms with Crippen LogP contribution in [0.1, 0.15) is 6.92 Å². The Morgan fingerprint density at radius 3 is 2.80 bits per heavy atom. The van der Waals surface area contributed by atoms with Crippen molar-refractivity contribution in [2.45, 2.75) is 13.0 Å². The summed E-state index contributed by atoms with van der Waals surface area (Å²) in [7, 11) is 1.48. The number of morpholine rings is 1. The van der Waals surface area contributed by atoms with Gasteiger partial charge in [0.1, 0.15) is 6.54 Å². The SMILES string of the molecule is CC1COCCN1C(=O)N(C)CC(=O)O. The van der Waals surface area contributed by atoms with Crippen LogP contribution in [-0.2, 0) is 9.53 Å². The van der Waals surface area contributed by atoms with Gasteiger partial charge in [0, 0.05) is 13.6 Å². The molecule has 0 aliphatic carbocycles. The lowest BCUT2D eigenvalue weighted by molar-refractivity contribution is -0.137. The monoisotopic (exact) mass is 216 g/mol. The zero-order valence-electron chi connectivity index (χ0n) is 8.97. The Bertz CT molecular complexity index is 256. The molecule has 6 heteroatoms. The Kier molecular flexibility index (Phi) is 3.90. The molecule has 0 radical (unpaired) electrons. The van der Waals surface area contributed by atoms with Crippen LogP contribution in [0.5, 0.6) is 0 Å². The number of rotatable bonds is 2. The first-order chi connectivity index (χ1) is 7.02. The van der Waals surface area contributed by atoms with E-state index < -0.39 is 5.97 Å². The molecule has 0 aromatic carbocycles. The first-order valence-electron chi connectivity index (χ1n) is 4.83. The third-order valence-electron chi connectivity index (χ3n) is 2.31. The molecule has 1 rings (SSSR count). The molecular formula is C9H16N2O4. The first kappa shape index (κ1) is 11.8. The second-order valence-corrected chi connectivity index (χ2v) is 3.65.